The van der Waals surface area contributed by atoms with Crippen LogP contribution in [0.3, 0.4) is 0 Å². The van der Waals surface area contributed by atoms with E-state index in [1.54, 1.807) is 9.80 Å². The molecule has 246 valence electrons. The third-order valence-electron chi connectivity index (χ3n) is 8.62. The van der Waals surface area contributed by atoms with Crippen LogP contribution < -0.4 is 0 Å². The van der Waals surface area contributed by atoms with Gasteiger partial charge in [-0.05, 0) is 104 Å². The summed E-state index contributed by atoms with van der Waals surface area (Å²) in [4.78, 5) is 47.3. The van der Waals surface area contributed by atoms with E-state index in [-0.39, 0.29) is 24.3 Å². The van der Waals surface area contributed by atoms with Gasteiger partial charge in [-0.1, -0.05) is 12.1 Å². The molecule has 7 rings (SSSR count). The predicted molar refractivity (Wildman–Crippen MR) is 181 cm³/mol. The van der Waals surface area contributed by atoms with Crippen molar-refractivity contribution in [3.63, 3.8) is 0 Å². The Hall–Kier alpha value is -4.80. The zero-order valence-electron chi connectivity index (χ0n) is 28.9. The molecule has 0 spiro atoms. The van der Waals surface area contributed by atoms with E-state index in [2.05, 4.69) is 9.97 Å². The molecule has 0 saturated carbocycles. The van der Waals surface area contributed by atoms with Crippen molar-refractivity contribution in [2.24, 2.45) is 0 Å². The number of amides is 2. The summed E-state index contributed by atoms with van der Waals surface area (Å²) in [5.74, 6) is 1.48. The summed E-state index contributed by atoms with van der Waals surface area (Å²) in [6.45, 7) is 12.5. The number of likely N-dealkylation sites (tertiary alicyclic amines) is 2. The van der Waals surface area contributed by atoms with E-state index >= 15 is 0 Å². The van der Waals surface area contributed by atoms with Crippen molar-refractivity contribution in [2.75, 3.05) is 13.1 Å². The van der Waals surface area contributed by atoms with Gasteiger partial charge in [-0.25, -0.2) is 19.6 Å². The standard InChI is InChI=1S/C36H43N7O4/c1-35(2,3)46-33(44)42-17-7-9-29(42)31-38-25-13-11-21(19-27(25)40-31)23-15-16-24(37-23)22-12-14-26-28(20-22)41-32(39-26)30-10-8-18-43(30)34(45)47-36(4,5)6/h11-16,19-20,29-30,37H,7-10,17-18H2,1-6H3,(H,38,40)(H,39,41)/i/hD. The van der Waals surface area contributed by atoms with Gasteiger partial charge in [0.05, 0.1) is 34.2 Å². The number of aromatic nitrogens is 5. The lowest BCUT2D eigenvalue weighted by molar-refractivity contribution is 0.0208. The molecule has 2 unspecified atom stereocenters. The fourth-order valence-corrected chi connectivity index (χ4v) is 6.56. The third-order valence-corrected chi connectivity index (χ3v) is 8.62. The van der Waals surface area contributed by atoms with Crippen molar-refractivity contribution in [1.29, 1.82) is 0 Å². The van der Waals surface area contributed by atoms with Crippen LogP contribution in [0.4, 0.5) is 9.59 Å². The number of hydrogen-bond donors (Lipinski definition) is 3. The molecule has 5 aromatic rings. The molecular formula is C36H43N7O4. The summed E-state index contributed by atoms with van der Waals surface area (Å²) in [6.07, 6.45) is 2.76. The Morgan fingerprint density at radius 3 is 1.55 bits per heavy atom. The third kappa shape index (κ3) is 6.31. The smallest absolute Gasteiger partial charge is 0.410 e. The fraction of sp³-hybridized carbons (Fsp3) is 0.444. The minimum atomic E-state index is -0.565. The fourth-order valence-electron chi connectivity index (χ4n) is 6.56. The van der Waals surface area contributed by atoms with Gasteiger partial charge >= 0.3 is 12.2 Å². The highest BCUT2D eigenvalue weighted by Crippen LogP contribution is 2.36. The highest BCUT2D eigenvalue weighted by molar-refractivity contribution is 5.84. The van der Waals surface area contributed by atoms with Crippen LogP contribution in [0.5, 0.6) is 0 Å². The molecule has 47 heavy (non-hydrogen) atoms. The van der Waals surface area contributed by atoms with Crippen LogP contribution in [-0.4, -0.2) is 71.2 Å². The van der Waals surface area contributed by atoms with Crippen molar-refractivity contribution in [3.8, 4) is 22.5 Å². The van der Waals surface area contributed by atoms with Crippen molar-refractivity contribution >= 4 is 34.3 Å². The molecule has 3 aromatic heterocycles. The molecule has 2 amide bonds. The van der Waals surface area contributed by atoms with Crippen LogP contribution >= 0.6 is 0 Å². The zero-order valence-corrected chi connectivity index (χ0v) is 27.9. The van der Waals surface area contributed by atoms with Crippen LogP contribution in [0.1, 0.15) is 91.0 Å². The number of rotatable bonds is 4. The molecule has 0 aliphatic carbocycles. The van der Waals surface area contributed by atoms with Gasteiger partial charge in [0.2, 0.25) is 0 Å². The summed E-state index contributed by atoms with van der Waals surface area (Å²) >= 11 is 0. The number of nitrogens with one attached hydrogen (secondary N) is 3. The van der Waals surface area contributed by atoms with E-state index in [1.165, 1.54) is 4.98 Å². The number of aromatic amines is 3. The molecule has 0 bridgehead atoms. The molecule has 2 saturated heterocycles. The molecule has 0 radical (unpaired) electrons. The number of H-pyrrole nitrogens is 3. The molecule has 2 atom stereocenters. The highest BCUT2D eigenvalue weighted by Gasteiger charge is 2.36. The van der Waals surface area contributed by atoms with Crippen molar-refractivity contribution < 1.29 is 20.5 Å². The first-order valence-corrected chi connectivity index (χ1v) is 16.4. The van der Waals surface area contributed by atoms with Crippen LogP contribution in [0.2, 0.25) is 1.41 Å². The van der Waals surface area contributed by atoms with Crippen LogP contribution in [0, 0.1) is 0 Å². The maximum absolute atomic E-state index is 12.9. The molecular weight excluding hydrogens is 594 g/mol. The number of benzene rings is 2. The Morgan fingerprint density at radius 2 is 1.15 bits per heavy atom. The van der Waals surface area contributed by atoms with E-state index < -0.39 is 11.2 Å². The highest BCUT2D eigenvalue weighted by atomic mass is 16.6. The summed E-state index contributed by atoms with van der Waals surface area (Å²) in [5, 5.41) is 0. The van der Waals surface area contributed by atoms with Crippen LogP contribution in [-0.2, 0) is 9.47 Å². The maximum Gasteiger partial charge on any atom is 0.410 e. The van der Waals surface area contributed by atoms with Gasteiger partial charge in [0.15, 0.2) is 1.41 Å². The van der Waals surface area contributed by atoms with Gasteiger partial charge in [-0.2, -0.15) is 0 Å². The van der Waals surface area contributed by atoms with E-state index in [4.69, 9.17) is 20.9 Å². The molecule has 5 heterocycles. The average molecular weight is 639 g/mol. The number of imidazole rings is 2. The Morgan fingerprint density at radius 1 is 0.723 bits per heavy atom. The Kier molecular flexibility index (Phi) is 7.22. The molecule has 2 aliphatic heterocycles. The Bertz CT molecular complexity index is 1870. The maximum atomic E-state index is 12.9. The minimum Gasteiger partial charge on any atom is -0.444 e. The lowest BCUT2D eigenvalue weighted by atomic mass is 10.1. The summed E-state index contributed by atoms with van der Waals surface area (Å²) in [6, 6.07) is 15.4. The monoisotopic (exact) mass is 638 g/mol. The topological polar surface area (TPSA) is 132 Å². The molecule has 2 aliphatic rings. The molecule has 11 heteroatoms. The average Bonchev–Trinajstić information content (AvgIpc) is 3.83. The first kappa shape index (κ1) is 29.6. The number of carbonyl (C=O) groups excluding carboxylic acids is 2. The lowest BCUT2D eigenvalue weighted by Gasteiger charge is -2.27. The van der Waals surface area contributed by atoms with Crippen molar-refractivity contribution in [1.82, 2.24) is 34.7 Å². The number of hydrogen-bond acceptors (Lipinski definition) is 6. The quantitative estimate of drug-likeness (QED) is 0.182. The van der Waals surface area contributed by atoms with Gasteiger partial charge in [-0.3, -0.25) is 9.80 Å². The van der Waals surface area contributed by atoms with E-state index in [1.807, 2.05) is 90.1 Å². The first-order chi connectivity index (χ1) is 22.7. The second-order valence-corrected chi connectivity index (χ2v) is 14.6. The van der Waals surface area contributed by atoms with Gasteiger partial charge in [0, 0.05) is 35.6 Å². The first-order valence-electron chi connectivity index (χ1n) is 16.9. The Balaban J connectivity index is 1.12. The van der Waals surface area contributed by atoms with Gasteiger partial charge in [-0.15, -0.1) is 0 Å². The summed E-state index contributed by atoms with van der Waals surface area (Å²) in [7, 11) is 0. The van der Waals surface area contributed by atoms with Crippen LogP contribution in [0.15, 0.2) is 48.5 Å². The van der Waals surface area contributed by atoms with Gasteiger partial charge in [0.1, 0.15) is 22.9 Å². The number of ether oxygens (including phenoxy) is 2. The number of nitrogens with zero attached hydrogens (tertiary/aromatic N) is 4. The van der Waals surface area contributed by atoms with E-state index in [0.29, 0.717) is 13.1 Å². The molecule has 3 N–H and O–H groups in total. The minimum absolute atomic E-state index is 0.172. The second-order valence-electron chi connectivity index (χ2n) is 14.6. The molecule has 2 aromatic carbocycles. The summed E-state index contributed by atoms with van der Waals surface area (Å²) in [5.41, 5.74) is 5.41. The summed E-state index contributed by atoms with van der Waals surface area (Å²) < 4.78 is 20.3. The Labute approximate surface area is 275 Å². The number of carbonyl (C=O) groups is 2. The van der Waals surface area contributed by atoms with Gasteiger partial charge < -0.3 is 24.4 Å². The second kappa shape index (κ2) is 11.5. The van der Waals surface area contributed by atoms with Crippen molar-refractivity contribution in [3.05, 3.63) is 60.2 Å². The van der Waals surface area contributed by atoms with Crippen molar-refractivity contribution in [2.45, 2.75) is 90.5 Å². The molecule has 2 fully saturated rings. The van der Waals surface area contributed by atoms with Gasteiger partial charge in [0.25, 0.3) is 0 Å². The van der Waals surface area contributed by atoms with E-state index in [9.17, 15) is 9.59 Å². The lowest BCUT2D eigenvalue weighted by Crippen LogP contribution is -2.36. The zero-order chi connectivity index (χ0) is 34.0. The predicted octanol–water partition coefficient (Wildman–Crippen LogP) is 8.25. The largest absolute Gasteiger partial charge is 0.444 e. The normalized spacial score (nSPS) is 19.1. The number of fused-ring (bicyclic) bond motifs is 2. The molecule has 11 nitrogen and oxygen atoms in total. The van der Waals surface area contributed by atoms with E-state index in [0.717, 1.165) is 81.9 Å². The van der Waals surface area contributed by atoms with Crippen LogP contribution in [0.25, 0.3) is 44.6 Å². The SMILES string of the molecule is [2H]n1c(-c2ccc3nc(C4CCCN4C(=O)OC(C)(C)C)[nH]c3c2)ccc1-c1ccc2nc(C3CCCN3C(=O)OC(C)(C)C)[nH]c2c1.